The topological polar surface area (TPSA) is 29.1 Å². The fourth-order valence-corrected chi connectivity index (χ4v) is 4.54. The molecule has 3 heteroatoms. The minimum Gasteiger partial charge on any atom is -0.349 e. The quantitative estimate of drug-likeness (QED) is 0.875. The summed E-state index contributed by atoms with van der Waals surface area (Å²) in [7, 11) is 0. The van der Waals surface area contributed by atoms with Gasteiger partial charge in [0.1, 0.15) is 0 Å². The lowest BCUT2D eigenvalue weighted by atomic mass is 9.84. The maximum atomic E-state index is 12.4. The van der Waals surface area contributed by atoms with Crippen LogP contribution in [0.15, 0.2) is 22.7 Å². The summed E-state index contributed by atoms with van der Waals surface area (Å²) in [5.41, 5.74) is 1.87. The van der Waals surface area contributed by atoms with E-state index in [0.717, 1.165) is 27.4 Å². The third-order valence-electron chi connectivity index (χ3n) is 5.16. The Morgan fingerprint density at radius 1 is 1.35 bits per heavy atom. The molecule has 108 valence electrons. The van der Waals surface area contributed by atoms with Crippen molar-refractivity contribution < 1.29 is 4.79 Å². The second-order valence-corrected chi connectivity index (χ2v) is 7.44. The highest BCUT2D eigenvalue weighted by Gasteiger charge is 2.42. The van der Waals surface area contributed by atoms with Crippen molar-refractivity contribution in [2.24, 2.45) is 17.8 Å². The summed E-state index contributed by atoms with van der Waals surface area (Å²) in [6, 6.07) is 6.20. The molecular weight excluding hydrogens is 314 g/mol. The Hall–Kier alpha value is -0.830. The van der Waals surface area contributed by atoms with Crippen molar-refractivity contribution in [3.8, 4) is 0 Å². The molecule has 4 atom stereocenters. The van der Waals surface area contributed by atoms with E-state index in [1.165, 1.54) is 25.7 Å². The summed E-state index contributed by atoms with van der Waals surface area (Å²) < 4.78 is 0.876. The van der Waals surface area contributed by atoms with E-state index < -0.39 is 0 Å². The molecule has 1 aromatic carbocycles. The molecular formula is C17H22BrNO. The first-order valence-corrected chi connectivity index (χ1v) is 8.41. The number of fused-ring (bicyclic) bond motifs is 2. The smallest absolute Gasteiger partial charge is 0.252 e. The Morgan fingerprint density at radius 3 is 2.80 bits per heavy atom. The maximum Gasteiger partial charge on any atom is 0.252 e. The molecule has 1 amide bonds. The van der Waals surface area contributed by atoms with Crippen LogP contribution in [0.4, 0.5) is 0 Å². The first kappa shape index (κ1) is 14.1. The van der Waals surface area contributed by atoms with E-state index in [4.69, 9.17) is 0 Å². The summed E-state index contributed by atoms with van der Waals surface area (Å²) in [5.74, 6) is 2.50. The zero-order valence-electron chi connectivity index (χ0n) is 12.2. The lowest BCUT2D eigenvalue weighted by Crippen LogP contribution is -2.40. The third-order valence-corrected chi connectivity index (χ3v) is 5.85. The number of halogens is 1. The van der Waals surface area contributed by atoms with Crippen molar-refractivity contribution in [1.29, 1.82) is 0 Å². The van der Waals surface area contributed by atoms with Crippen LogP contribution in [-0.4, -0.2) is 11.9 Å². The highest BCUT2D eigenvalue weighted by molar-refractivity contribution is 9.10. The average Bonchev–Trinajstić information content (AvgIpc) is 3.03. The standard InChI is InChI=1S/C17H22BrNO/c1-10-3-6-16(18)15(7-10)17(20)19-11(2)14-9-12-4-5-13(14)8-12/h3,6-7,11-14H,4-5,8-9H2,1-2H3,(H,19,20). The van der Waals surface area contributed by atoms with Gasteiger partial charge in [-0.25, -0.2) is 0 Å². The minimum absolute atomic E-state index is 0.0517. The molecule has 2 nitrogen and oxygen atoms in total. The molecule has 1 aromatic rings. The van der Waals surface area contributed by atoms with Gasteiger partial charge in [-0.2, -0.15) is 0 Å². The molecule has 2 saturated carbocycles. The van der Waals surface area contributed by atoms with Crippen LogP contribution >= 0.6 is 15.9 Å². The fraction of sp³-hybridized carbons (Fsp3) is 0.588. The number of hydrogen-bond donors (Lipinski definition) is 1. The summed E-state index contributed by atoms with van der Waals surface area (Å²) in [6.07, 6.45) is 5.47. The first-order chi connectivity index (χ1) is 9.54. The number of carbonyl (C=O) groups excluding carboxylic acids is 1. The summed E-state index contributed by atoms with van der Waals surface area (Å²) in [4.78, 5) is 12.4. The van der Waals surface area contributed by atoms with E-state index in [0.29, 0.717) is 5.92 Å². The van der Waals surface area contributed by atoms with Crippen molar-refractivity contribution in [2.75, 3.05) is 0 Å². The Labute approximate surface area is 129 Å². The van der Waals surface area contributed by atoms with Crippen LogP contribution in [0.25, 0.3) is 0 Å². The van der Waals surface area contributed by atoms with Crippen LogP contribution in [0.3, 0.4) is 0 Å². The summed E-state index contributed by atoms with van der Waals surface area (Å²) >= 11 is 3.48. The van der Waals surface area contributed by atoms with Gasteiger partial charge in [0.25, 0.3) is 5.91 Å². The number of benzene rings is 1. The predicted octanol–water partition coefficient (Wildman–Crippen LogP) is 4.31. The number of aryl methyl sites for hydroxylation is 1. The Balaban J connectivity index is 1.68. The highest BCUT2D eigenvalue weighted by Crippen LogP contribution is 2.49. The van der Waals surface area contributed by atoms with Gasteiger partial charge in [0.2, 0.25) is 0 Å². The van der Waals surface area contributed by atoms with Crippen molar-refractivity contribution in [3.63, 3.8) is 0 Å². The molecule has 0 saturated heterocycles. The fourth-order valence-electron chi connectivity index (χ4n) is 4.11. The summed E-state index contributed by atoms with van der Waals surface area (Å²) in [6.45, 7) is 4.19. The van der Waals surface area contributed by atoms with Crippen LogP contribution in [-0.2, 0) is 0 Å². The monoisotopic (exact) mass is 335 g/mol. The van der Waals surface area contributed by atoms with Crippen LogP contribution < -0.4 is 5.32 Å². The van der Waals surface area contributed by atoms with Crippen molar-refractivity contribution in [2.45, 2.75) is 45.6 Å². The normalized spacial score (nSPS) is 29.4. The van der Waals surface area contributed by atoms with Gasteiger partial charge in [-0.05, 0) is 78.9 Å². The van der Waals surface area contributed by atoms with Crippen LogP contribution in [0, 0.1) is 24.7 Å². The van der Waals surface area contributed by atoms with Crippen molar-refractivity contribution in [3.05, 3.63) is 33.8 Å². The summed E-state index contributed by atoms with van der Waals surface area (Å²) in [5, 5.41) is 3.22. The van der Waals surface area contributed by atoms with E-state index in [1.54, 1.807) is 0 Å². The van der Waals surface area contributed by atoms with Crippen LogP contribution in [0.2, 0.25) is 0 Å². The molecule has 2 aliphatic carbocycles. The number of hydrogen-bond acceptors (Lipinski definition) is 1. The number of carbonyl (C=O) groups is 1. The van der Waals surface area contributed by atoms with E-state index in [-0.39, 0.29) is 11.9 Å². The Morgan fingerprint density at radius 2 is 2.15 bits per heavy atom. The van der Waals surface area contributed by atoms with E-state index in [1.807, 2.05) is 25.1 Å². The van der Waals surface area contributed by atoms with Gasteiger partial charge in [-0.1, -0.05) is 18.1 Å². The number of nitrogens with one attached hydrogen (secondary N) is 1. The van der Waals surface area contributed by atoms with Gasteiger partial charge in [0.15, 0.2) is 0 Å². The van der Waals surface area contributed by atoms with Gasteiger partial charge in [-0.15, -0.1) is 0 Å². The zero-order valence-corrected chi connectivity index (χ0v) is 13.7. The molecule has 2 bridgehead atoms. The van der Waals surface area contributed by atoms with Gasteiger partial charge in [0, 0.05) is 10.5 Å². The van der Waals surface area contributed by atoms with Gasteiger partial charge in [0.05, 0.1) is 5.56 Å². The largest absolute Gasteiger partial charge is 0.349 e. The Kier molecular flexibility index (Phi) is 3.89. The second-order valence-electron chi connectivity index (χ2n) is 6.58. The molecule has 0 aliphatic heterocycles. The van der Waals surface area contributed by atoms with Crippen molar-refractivity contribution >= 4 is 21.8 Å². The van der Waals surface area contributed by atoms with Crippen LogP contribution in [0.5, 0.6) is 0 Å². The third kappa shape index (κ3) is 2.65. The van der Waals surface area contributed by atoms with E-state index >= 15 is 0 Å². The van der Waals surface area contributed by atoms with Gasteiger partial charge < -0.3 is 5.32 Å². The highest BCUT2D eigenvalue weighted by atomic mass is 79.9. The lowest BCUT2D eigenvalue weighted by molar-refractivity contribution is 0.0914. The first-order valence-electron chi connectivity index (χ1n) is 7.61. The molecule has 0 radical (unpaired) electrons. The molecule has 2 aliphatic rings. The van der Waals surface area contributed by atoms with E-state index in [2.05, 4.69) is 28.2 Å². The second kappa shape index (κ2) is 5.51. The van der Waals surface area contributed by atoms with E-state index in [9.17, 15) is 4.79 Å². The van der Waals surface area contributed by atoms with Gasteiger partial charge in [-0.3, -0.25) is 4.79 Å². The zero-order chi connectivity index (χ0) is 14.3. The number of rotatable bonds is 3. The molecule has 1 N–H and O–H groups in total. The van der Waals surface area contributed by atoms with Gasteiger partial charge >= 0.3 is 0 Å². The minimum atomic E-state index is 0.0517. The molecule has 4 unspecified atom stereocenters. The van der Waals surface area contributed by atoms with Crippen molar-refractivity contribution in [1.82, 2.24) is 5.32 Å². The average molecular weight is 336 g/mol. The molecule has 0 aromatic heterocycles. The lowest BCUT2D eigenvalue weighted by Gasteiger charge is -2.28. The molecule has 0 spiro atoms. The van der Waals surface area contributed by atoms with Crippen LogP contribution in [0.1, 0.15) is 48.5 Å². The maximum absolute atomic E-state index is 12.4. The molecule has 3 rings (SSSR count). The molecule has 2 fully saturated rings. The molecule has 20 heavy (non-hydrogen) atoms. The Bertz CT molecular complexity index is 528. The molecule has 0 heterocycles. The SMILES string of the molecule is Cc1ccc(Br)c(C(=O)NC(C)C2CC3CCC2C3)c1. The number of amides is 1. The predicted molar refractivity (Wildman–Crippen MR) is 84.7 cm³/mol.